The van der Waals surface area contributed by atoms with Gasteiger partial charge in [0.05, 0.1) is 0 Å². The first-order chi connectivity index (χ1) is 2.91. The average molecular weight is 135 g/mol. The van der Waals surface area contributed by atoms with Crippen molar-refractivity contribution >= 4 is 34.7 Å². The third-order valence-electron chi connectivity index (χ3n) is 0.482. The Hall–Kier alpha value is 1.02. The minimum absolute atomic E-state index is 0. The number of ether oxygens (including phenoxy) is 1. The van der Waals surface area contributed by atoms with Gasteiger partial charge in [-0.1, -0.05) is 0 Å². The van der Waals surface area contributed by atoms with Crippen LogP contribution < -0.4 is 0 Å². The molecule has 0 aliphatic rings. The fraction of sp³-hybridized carbons (Fsp3) is 1.00. The zero-order chi connectivity index (χ0) is 4.83. The van der Waals surface area contributed by atoms with E-state index in [2.05, 4.69) is 0 Å². The summed E-state index contributed by atoms with van der Waals surface area (Å²) in [4.78, 5) is 0. The van der Waals surface area contributed by atoms with Crippen LogP contribution in [0.4, 0.5) is 0 Å². The minimum Gasteiger partial charge on any atom is -0.385 e. The van der Waals surface area contributed by atoms with Gasteiger partial charge in [0.1, 0.15) is 0 Å². The van der Waals surface area contributed by atoms with E-state index in [9.17, 15) is 0 Å². The Morgan fingerprint density at radius 2 is 2.14 bits per heavy atom. The van der Waals surface area contributed by atoms with Crippen LogP contribution in [0, 0.1) is 0 Å². The normalized spacial score (nSPS) is 7.71. The molecule has 0 unspecified atom stereocenters. The van der Waals surface area contributed by atoms with Crippen molar-refractivity contribution in [3.63, 3.8) is 0 Å². The highest BCUT2D eigenvalue weighted by Gasteiger charge is 1.76. The number of hydrogen-bond donors (Lipinski definition) is 0. The molecule has 42 valence electrons. The predicted octanol–water partition coefficient (Wildman–Crippen LogP) is 0.345. The van der Waals surface area contributed by atoms with E-state index in [0.717, 1.165) is 13.0 Å². The lowest BCUT2D eigenvalue weighted by Crippen LogP contribution is -1.86. The van der Waals surface area contributed by atoms with E-state index >= 15 is 0 Å². The Kier molecular flexibility index (Phi) is 15.7. The van der Waals surface area contributed by atoms with Crippen LogP contribution >= 0.6 is 11.6 Å². The lowest BCUT2D eigenvalue weighted by molar-refractivity contribution is 0.200. The van der Waals surface area contributed by atoms with Crippen molar-refractivity contribution in [1.82, 2.24) is 0 Å². The van der Waals surface area contributed by atoms with Crippen molar-refractivity contribution in [3.05, 3.63) is 0 Å². The molecule has 0 spiro atoms. The van der Waals surface area contributed by atoms with E-state index in [1.807, 2.05) is 0 Å². The molecule has 0 aliphatic carbocycles. The van der Waals surface area contributed by atoms with Crippen LogP contribution in [0.3, 0.4) is 0 Å². The molecule has 0 radical (unpaired) electrons. The molecular formula is C4H11ClMgO. The van der Waals surface area contributed by atoms with E-state index in [-0.39, 0.29) is 23.1 Å². The smallest absolute Gasteiger partial charge is 0.316 e. The summed E-state index contributed by atoms with van der Waals surface area (Å²) >= 11 is 5.30. The quantitative estimate of drug-likeness (QED) is 0.308. The average Bonchev–Trinajstić information content (AvgIpc) is 1.61. The number of hydrogen-bond acceptors (Lipinski definition) is 1. The molecule has 0 saturated carbocycles. The summed E-state index contributed by atoms with van der Waals surface area (Å²) in [6.07, 6.45) is 0.956. The highest BCUT2D eigenvalue weighted by molar-refractivity contribution is 6.17. The van der Waals surface area contributed by atoms with Gasteiger partial charge in [-0.2, -0.15) is 0 Å². The zero-order valence-corrected chi connectivity index (χ0v) is 4.66. The summed E-state index contributed by atoms with van der Waals surface area (Å²) in [7, 11) is 1.67. The molecule has 0 fully saturated rings. The lowest BCUT2D eigenvalue weighted by Gasteiger charge is -1.88. The molecule has 0 saturated heterocycles. The molecule has 0 aromatic rings. The molecule has 0 aromatic heterocycles. The molecule has 0 rings (SSSR count). The molecule has 1 nitrogen and oxygen atoms in total. The molecule has 7 heavy (non-hydrogen) atoms. The predicted molar refractivity (Wildman–Crippen MR) is 35.8 cm³/mol. The molecule has 0 heterocycles. The Morgan fingerprint density at radius 1 is 1.57 bits per heavy atom. The van der Waals surface area contributed by atoms with Crippen molar-refractivity contribution in [2.75, 3.05) is 19.6 Å². The van der Waals surface area contributed by atoms with Crippen LogP contribution in [0.5, 0.6) is 0 Å². The molecule has 0 bridgehead atoms. The van der Waals surface area contributed by atoms with E-state index in [1.54, 1.807) is 7.11 Å². The second-order valence-electron chi connectivity index (χ2n) is 1.04. The van der Waals surface area contributed by atoms with Gasteiger partial charge in [0.15, 0.2) is 0 Å². The summed E-state index contributed by atoms with van der Waals surface area (Å²) < 4.78 is 4.70. The third-order valence-corrected chi connectivity index (χ3v) is 0.749. The standard InChI is InChI=1S/C4H9ClO.Mg.2H/c1-6-4-2-3-5;;;/h2-4H2,1H3;;;. The number of halogens is 1. The van der Waals surface area contributed by atoms with E-state index in [1.165, 1.54) is 0 Å². The van der Waals surface area contributed by atoms with Gasteiger partial charge in [-0.05, 0) is 6.42 Å². The number of rotatable bonds is 3. The first-order valence-corrected chi connectivity index (χ1v) is 2.50. The largest absolute Gasteiger partial charge is 0.385 e. The van der Waals surface area contributed by atoms with Crippen molar-refractivity contribution in [2.45, 2.75) is 6.42 Å². The highest BCUT2D eigenvalue weighted by atomic mass is 35.5. The van der Waals surface area contributed by atoms with Crippen molar-refractivity contribution in [2.24, 2.45) is 0 Å². The van der Waals surface area contributed by atoms with Gasteiger partial charge in [-0.15, -0.1) is 11.6 Å². The molecule has 3 heteroatoms. The molecule has 0 amide bonds. The molecule has 0 N–H and O–H groups in total. The lowest BCUT2D eigenvalue weighted by atomic mass is 10.5. The summed E-state index contributed by atoms with van der Waals surface area (Å²) in [6.45, 7) is 0.781. The highest BCUT2D eigenvalue weighted by Crippen LogP contribution is 1.81. The van der Waals surface area contributed by atoms with Gasteiger partial charge < -0.3 is 4.74 Å². The van der Waals surface area contributed by atoms with Gasteiger partial charge in [0.25, 0.3) is 0 Å². The second-order valence-corrected chi connectivity index (χ2v) is 1.41. The molecular weight excluding hydrogens is 124 g/mol. The summed E-state index contributed by atoms with van der Waals surface area (Å²) in [5.41, 5.74) is 0. The third kappa shape index (κ3) is 10.9. The van der Waals surface area contributed by atoms with Crippen LogP contribution in [0.1, 0.15) is 6.42 Å². The first-order valence-electron chi connectivity index (χ1n) is 1.96. The molecule has 0 aromatic carbocycles. The van der Waals surface area contributed by atoms with Crippen molar-refractivity contribution in [1.29, 1.82) is 0 Å². The second kappa shape index (κ2) is 10.1. The SMILES string of the molecule is COCCCCl.[MgH2]. The molecule has 0 aliphatic heterocycles. The van der Waals surface area contributed by atoms with Crippen LogP contribution in [0.2, 0.25) is 0 Å². The number of alkyl halides is 1. The van der Waals surface area contributed by atoms with E-state index in [0.29, 0.717) is 5.88 Å². The maximum Gasteiger partial charge on any atom is 0.316 e. The maximum atomic E-state index is 5.30. The summed E-state index contributed by atoms with van der Waals surface area (Å²) in [5, 5.41) is 0. The zero-order valence-electron chi connectivity index (χ0n) is 3.91. The number of methoxy groups -OCH3 is 1. The van der Waals surface area contributed by atoms with Gasteiger partial charge in [0.2, 0.25) is 0 Å². The fourth-order valence-corrected chi connectivity index (χ4v) is 0.308. The van der Waals surface area contributed by atoms with Gasteiger partial charge in [-0.25, -0.2) is 0 Å². The van der Waals surface area contributed by atoms with Gasteiger partial charge >= 0.3 is 23.1 Å². The summed E-state index contributed by atoms with van der Waals surface area (Å²) in [5.74, 6) is 0.702. The van der Waals surface area contributed by atoms with E-state index in [4.69, 9.17) is 16.3 Å². The minimum atomic E-state index is 0. The first kappa shape index (κ1) is 10.9. The topological polar surface area (TPSA) is 9.23 Å². The Balaban J connectivity index is 0. The maximum absolute atomic E-state index is 5.30. The Labute approximate surface area is 65.5 Å². The van der Waals surface area contributed by atoms with Crippen molar-refractivity contribution < 1.29 is 4.74 Å². The van der Waals surface area contributed by atoms with Crippen LogP contribution in [-0.2, 0) is 4.74 Å². The van der Waals surface area contributed by atoms with Gasteiger partial charge in [0, 0.05) is 19.6 Å². The monoisotopic (exact) mass is 134 g/mol. The van der Waals surface area contributed by atoms with E-state index < -0.39 is 0 Å². The van der Waals surface area contributed by atoms with Crippen LogP contribution in [-0.4, -0.2) is 42.6 Å². The van der Waals surface area contributed by atoms with Crippen LogP contribution in [0.15, 0.2) is 0 Å². The Bertz CT molecular complexity index is 23.7. The Morgan fingerprint density at radius 3 is 2.29 bits per heavy atom. The fourth-order valence-electron chi connectivity index (χ4n) is 0.199. The van der Waals surface area contributed by atoms with Crippen molar-refractivity contribution in [3.8, 4) is 0 Å². The molecule has 0 atom stereocenters. The van der Waals surface area contributed by atoms with Gasteiger partial charge in [-0.3, -0.25) is 0 Å². The summed E-state index contributed by atoms with van der Waals surface area (Å²) in [6, 6.07) is 0. The van der Waals surface area contributed by atoms with Crippen LogP contribution in [0.25, 0.3) is 0 Å².